The number of benzene rings is 2. The fourth-order valence-electron chi connectivity index (χ4n) is 3.03. The molecule has 0 spiro atoms. The van der Waals surface area contributed by atoms with Crippen molar-refractivity contribution in [2.24, 2.45) is 0 Å². The quantitative estimate of drug-likeness (QED) is 0.344. The summed E-state index contributed by atoms with van der Waals surface area (Å²) in [6.07, 6.45) is 2.22. The largest absolute Gasteiger partial charge is 0.507 e. The Kier molecular flexibility index (Phi) is 6.40. The molecule has 0 aliphatic heterocycles. The number of pyridine rings is 1. The van der Waals surface area contributed by atoms with E-state index >= 15 is 0 Å². The van der Waals surface area contributed by atoms with Crippen molar-refractivity contribution in [3.63, 3.8) is 0 Å². The van der Waals surface area contributed by atoms with Gasteiger partial charge in [0.1, 0.15) is 17.4 Å². The van der Waals surface area contributed by atoms with Gasteiger partial charge in [-0.2, -0.15) is 0 Å². The van der Waals surface area contributed by atoms with E-state index in [-0.39, 0.29) is 18.5 Å². The Bertz CT molecular complexity index is 1230. The van der Waals surface area contributed by atoms with Crippen molar-refractivity contribution < 1.29 is 28.6 Å². The van der Waals surface area contributed by atoms with Crippen LogP contribution in [-0.2, 0) is 22.6 Å². The van der Waals surface area contributed by atoms with Crippen LogP contribution < -0.4 is 5.56 Å². The molecule has 2 N–H and O–H groups in total. The monoisotopic (exact) mass is 425 g/mol. The van der Waals surface area contributed by atoms with Crippen molar-refractivity contribution in [2.45, 2.75) is 13.0 Å². The lowest BCUT2D eigenvalue weighted by atomic mass is 10.0. The average molecular weight is 425 g/mol. The molecule has 0 amide bonds. The van der Waals surface area contributed by atoms with Gasteiger partial charge in [0.25, 0.3) is 11.3 Å². The van der Waals surface area contributed by atoms with Crippen molar-refractivity contribution in [2.75, 3.05) is 0 Å². The highest BCUT2D eigenvalue weighted by Gasteiger charge is 2.16. The molecule has 8 heteroatoms. The van der Waals surface area contributed by atoms with E-state index in [1.54, 1.807) is 18.2 Å². The highest BCUT2D eigenvalue weighted by Crippen LogP contribution is 2.15. The van der Waals surface area contributed by atoms with Crippen LogP contribution in [0.4, 0.5) is 8.78 Å². The Labute approximate surface area is 175 Å². The fourth-order valence-corrected chi connectivity index (χ4v) is 3.03. The zero-order valence-electron chi connectivity index (χ0n) is 16.1. The first-order valence-corrected chi connectivity index (χ1v) is 9.13. The van der Waals surface area contributed by atoms with Gasteiger partial charge in [-0.05, 0) is 53.4 Å². The summed E-state index contributed by atoms with van der Waals surface area (Å²) in [5.41, 5.74) is 0.746. The minimum atomic E-state index is -1.78. The standard InChI is InChI=1S/C23H17F2NO5/c24-17-6-4-14(5-7-17)8-16-10-19(20(27)11-21(28)23(30)31)22(29)26(13-16)12-15-2-1-3-18(25)9-15/h1-7,9-11,13,27H,8,12H2,(H,30,31). The van der Waals surface area contributed by atoms with Gasteiger partial charge >= 0.3 is 5.97 Å². The first-order chi connectivity index (χ1) is 14.7. The second-order valence-corrected chi connectivity index (χ2v) is 6.83. The highest BCUT2D eigenvalue weighted by molar-refractivity contribution is 6.38. The smallest absolute Gasteiger partial charge is 0.376 e. The van der Waals surface area contributed by atoms with E-state index in [0.717, 1.165) is 0 Å². The summed E-state index contributed by atoms with van der Waals surface area (Å²) in [4.78, 5) is 35.1. The van der Waals surface area contributed by atoms with E-state index in [4.69, 9.17) is 5.11 Å². The van der Waals surface area contributed by atoms with E-state index < -0.39 is 34.7 Å². The van der Waals surface area contributed by atoms with Gasteiger partial charge in [-0.1, -0.05) is 24.3 Å². The Balaban J connectivity index is 2.07. The molecule has 1 heterocycles. The Morgan fingerprint density at radius 3 is 2.26 bits per heavy atom. The molecule has 0 bridgehead atoms. The second-order valence-electron chi connectivity index (χ2n) is 6.83. The first kappa shape index (κ1) is 21.6. The summed E-state index contributed by atoms with van der Waals surface area (Å²) in [6, 6.07) is 12.6. The molecule has 0 radical (unpaired) electrons. The molecule has 158 valence electrons. The first-order valence-electron chi connectivity index (χ1n) is 9.13. The summed E-state index contributed by atoms with van der Waals surface area (Å²) < 4.78 is 27.9. The number of carbonyl (C=O) groups excluding carboxylic acids is 1. The highest BCUT2D eigenvalue weighted by atomic mass is 19.1. The number of aliphatic hydroxyl groups excluding tert-OH is 1. The van der Waals surface area contributed by atoms with Crippen LogP contribution in [0.2, 0.25) is 0 Å². The summed E-state index contributed by atoms with van der Waals surface area (Å²) >= 11 is 0. The predicted molar refractivity (Wildman–Crippen MR) is 109 cm³/mol. The van der Waals surface area contributed by atoms with Gasteiger partial charge in [0, 0.05) is 12.3 Å². The molecule has 0 saturated heterocycles. The lowest BCUT2D eigenvalue weighted by Gasteiger charge is -2.12. The molecule has 0 saturated carbocycles. The lowest BCUT2D eigenvalue weighted by molar-refractivity contribution is -0.146. The lowest BCUT2D eigenvalue weighted by Crippen LogP contribution is -2.25. The van der Waals surface area contributed by atoms with Crippen molar-refractivity contribution in [3.05, 3.63) is 111 Å². The summed E-state index contributed by atoms with van der Waals surface area (Å²) in [5.74, 6) is -4.87. The number of carboxylic acids is 1. The van der Waals surface area contributed by atoms with Crippen molar-refractivity contribution in [3.8, 4) is 0 Å². The molecule has 3 aromatic rings. The topological polar surface area (TPSA) is 96.6 Å². The average Bonchev–Trinajstić information content (AvgIpc) is 2.71. The number of halogens is 2. The summed E-state index contributed by atoms with van der Waals surface area (Å²) in [6.45, 7) is -0.0268. The van der Waals surface area contributed by atoms with Crippen LogP contribution in [0, 0.1) is 11.6 Å². The van der Waals surface area contributed by atoms with Crippen LogP contribution in [0.3, 0.4) is 0 Å². The summed E-state index contributed by atoms with van der Waals surface area (Å²) in [5, 5.41) is 19.0. The van der Waals surface area contributed by atoms with Gasteiger partial charge < -0.3 is 14.8 Å². The third kappa shape index (κ3) is 5.51. The maximum Gasteiger partial charge on any atom is 0.376 e. The molecular formula is C23H17F2NO5. The van der Waals surface area contributed by atoms with Crippen molar-refractivity contribution in [1.29, 1.82) is 0 Å². The van der Waals surface area contributed by atoms with Crippen molar-refractivity contribution in [1.82, 2.24) is 4.57 Å². The molecule has 31 heavy (non-hydrogen) atoms. The van der Waals surface area contributed by atoms with Crippen LogP contribution >= 0.6 is 0 Å². The van der Waals surface area contributed by atoms with E-state index in [1.165, 1.54) is 47.2 Å². The Morgan fingerprint density at radius 2 is 1.61 bits per heavy atom. The van der Waals surface area contributed by atoms with Crippen molar-refractivity contribution >= 4 is 17.5 Å². The van der Waals surface area contributed by atoms with E-state index in [9.17, 15) is 28.3 Å². The zero-order valence-corrected chi connectivity index (χ0v) is 16.1. The number of rotatable bonds is 7. The van der Waals surface area contributed by atoms with Gasteiger partial charge in [-0.3, -0.25) is 9.59 Å². The molecule has 1 aromatic heterocycles. The molecule has 0 unspecified atom stereocenters. The van der Waals surface area contributed by atoms with Gasteiger partial charge in [0.2, 0.25) is 0 Å². The van der Waals surface area contributed by atoms with Crippen LogP contribution in [0.25, 0.3) is 5.76 Å². The number of carbonyl (C=O) groups is 2. The molecule has 3 rings (SSSR count). The third-order valence-electron chi connectivity index (χ3n) is 4.46. The normalized spacial score (nSPS) is 11.4. The zero-order chi connectivity index (χ0) is 22.5. The Morgan fingerprint density at radius 1 is 0.903 bits per heavy atom. The second kappa shape index (κ2) is 9.17. The number of hydrogen-bond acceptors (Lipinski definition) is 4. The molecule has 6 nitrogen and oxygen atoms in total. The number of aromatic nitrogens is 1. The summed E-state index contributed by atoms with van der Waals surface area (Å²) in [7, 11) is 0. The maximum absolute atomic E-state index is 13.5. The molecule has 0 atom stereocenters. The third-order valence-corrected chi connectivity index (χ3v) is 4.46. The number of ketones is 1. The van der Waals surface area contributed by atoms with E-state index in [0.29, 0.717) is 22.8 Å². The van der Waals surface area contributed by atoms with Gasteiger partial charge in [-0.15, -0.1) is 0 Å². The van der Waals surface area contributed by atoms with E-state index in [1.807, 2.05) is 0 Å². The van der Waals surface area contributed by atoms with Crippen LogP contribution in [0.1, 0.15) is 22.3 Å². The Hall–Kier alpha value is -4.07. The molecule has 0 aliphatic carbocycles. The molecular weight excluding hydrogens is 408 g/mol. The number of carboxylic acid groups (broad SMARTS) is 1. The van der Waals surface area contributed by atoms with Gasteiger partial charge in [0.05, 0.1) is 12.1 Å². The number of aliphatic carboxylic acids is 1. The van der Waals surface area contributed by atoms with Crippen LogP contribution in [0.5, 0.6) is 0 Å². The molecule has 0 fully saturated rings. The number of aliphatic hydroxyl groups is 1. The molecule has 0 aliphatic rings. The maximum atomic E-state index is 13.5. The number of hydrogen-bond donors (Lipinski definition) is 2. The number of nitrogens with zero attached hydrogens (tertiary/aromatic N) is 1. The van der Waals surface area contributed by atoms with E-state index in [2.05, 4.69) is 0 Å². The fraction of sp³-hybridized carbons (Fsp3) is 0.0870. The van der Waals surface area contributed by atoms with Gasteiger partial charge in [0.15, 0.2) is 0 Å². The van der Waals surface area contributed by atoms with Crippen LogP contribution in [0.15, 0.2) is 71.7 Å². The minimum absolute atomic E-state index is 0.0268. The van der Waals surface area contributed by atoms with Crippen LogP contribution in [-0.4, -0.2) is 26.5 Å². The predicted octanol–water partition coefficient (Wildman–Crippen LogP) is 3.32. The molecule has 2 aromatic carbocycles. The van der Waals surface area contributed by atoms with Gasteiger partial charge in [-0.25, -0.2) is 13.6 Å². The minimum Gasteiger partial charge on any atom is -0.507 e. The SMILES string of the molecule is O=C(O)C(=O)C=C(O)c1cc(Cc2ccc(F)cc2)cn(Cc2cccc(F)c2)c1=O.